The first-order valence-electron chi connectivity index (χ1n) is 6.02. The van der Waals surface area contributed by atoms with Crippen molar-refractivity contribution in [1.82, 2.24) is 0 Å². The van der Waals surface area contributed by atoms with E-state index in [1.54, 1.807) is 49.6 Å². The molecule has 102 valence electrons. The summed E-state index contributed by atoms with van der Waals surface area (Å²) in [5.74, 6) is 0.428. The number of nitrogen functional groups attached to an aromatic ring is 1. The van der Waals surface area contributed by atoms with E-state index in [9.17, 15) is 4.79 Å². The van der Waals surface area contributed by atoms with Gasteiger partial charge in [-0.25, -0.2) is 0 Å². The highest BCUT2D eigenvalue weighted by Gasteiger charge is 2.05. The molecule has 0 fully saturated rings. The van der Waals surface area contributed by atoms with Crippen molar-refractivity contribution >= 4 is 29.1 Å². The lowest BCUT2D eigenvalue weighted by Crippen LogP contribution is -1.99. The van der Waals surface area contributed by atoms with E-state index in [1.807, 2.05) is 6.07 Å². The van der Waals surface area contributed by atoms with Crippen LogP contribution in [0.25, 0.3) is 6.08 Å². The summed E-state index contributed by atoms with van der Waals surface area (Å²) in [5, 5.41) is 0.531. The van der Waals surface area contributed by atoms with Gasteiger partial charge in [0.05, 0.1) is 12.1 Å². The highest BCUT2D eigenvalue weighted by Crippen LogP contribution is 2.25. The number of carbonyl (C=O) groups excluding carboxylic acids is 1. The summed E-state index contributed by atoms with van der Waals surface area (Å²) in [6, 6.07) is 12.3. The van der Waals surface area contributed by atoms with Crippen molar-refractivity contribution in [2.45, 2.75) is 0 Å². The van der Waals surface area contributed by atoms with Gasteiger partial charge in [0.15, 0.2) is 5.78 Å². The lowest BCUT2D eigenvalue weighted by atomic mass is 10.1. The molecule has 20 heavy (non-hydrogen) atoms. The summed E-state index contributed by atoms with van der Waals surface area (Å²) in [4.78, 5) is 12.0. The van der Waals surface area contributed by atoms with Crippen LogP contribution in [-0.4, -0.2) is 12.9 Å². The van der Waals surface area contributed by atoms with Gasteiger partial charge in [-0.1, -0.05) is 35.9 Å². The quantitative estimate of drug-likeness (QED) is 0.528. The number of carbonyl (C=O) groups is 1. The maximum atomic E-state index is 12.0. The number of rotatable bonds is 4. The van der Waals surface area contributed by atoms with Crippen LogP contribution in [0.5, 0.6) is 5.75 Å². The molecule has 0 heterocycles. The zero-order chi connectivity index (χ0) is 14.5. The zero-order valence-electron chi connectivity index (χ0n) is 11.0. The number of hydrogen-bond acceptors (Lipinski definition) is 3. The molecule has 2 N–H and O–H groups in total. The Balaban J connectivity index is 2.21. The number of ketones is 1. The Morgan fingerprint density at radius 1 is 1.25 bits per heavy atom. The maximum Gasteiger partial charge on any atom is 0.187 e. The van der Waals surface area contributed by atoms with Crippen molar-refractivity contribution in [3.8, 4) is 5.75 Å². The largest absolute Gasteiger partial charge is 0.495 e. The van der Waals surface area contributed by atoms with Crippen LogP contribution in [0.1, 0.15) is 15.9 Å². The number of anilines is 1. The van der Waals surface area contributed by atoms with E-state index in [1.165, 1.54) is 6.08 Å². The van der Waals surface area contributed by atoms with Gasteiger partial charge in [0.1, 0.15) is 5.75 Å². The summed E-state index contributed by atoms with van der Waals surface area (Å²) < 4.78 is 5.13. The Hall–Kier alpha value is -2.26. The molecule has 2 rings (SSSR count). The number of halogens is 1. The summed E-state index contributed by atoms with van der Waals surface area (Å²) >= 11 is 5.94. The highest BCUT2D eigenvalue weighted by atomic mass is 35.5. The van der Waals surface area contributed by atoms with E-state index in [-0.39, 0.29) is 5.78 Å². The standard InChI is InChI=1S/C16H14ClNO2/c1-20-16-10-11(6-8-13(16)17)7-9-15(19)12-4-2-3-5-14(12)18/h2-10H,18H2,1H3/b9-7+. The van der Waals surface area contributed by atoms with Crippen LogP contribution in [-0.2, 0) is 0 Å². The number of benzene rings is 2. The van der Waals surface area contributed by atoms with Crippen molar-refractivity contribution < 1.29 is 9.53 Å². The van der Waals surface area contributed by atoms with Crippen LogP contribution in [0.15, 0.2) is 48.5 Å². The van der Waals surface area contributed by atoms with Crippen LogP contribution >= 0.6 is 11.6 Å². The first kappa shape index (κ1) is 14.2. The number of methoxy groups -OCH3 is 1. The van der Waals surface area contributed by atoms with Crippen LogP contribution in [0.3, 0.4) is 0 Å². The third-order valence-electron chi connectivity index (χ3n) is 2.83. The maximum absolute atomic E-state index is 12.0. The van der Waals surface area contributed by atoms with Crippen molar-refractivity contribution in [2.75, 3.05) is 12.8 Å². The monoisotopic (exact) mass is 287 g/mol. The molecule has 4 heteroatoms. The molecule has 3 nitrogen and oxygen atoms in total. The molecule has 0 aliphatic heterocycles. The van der Waals surface area contributed by atoms with Gasteiger partial charge in [0.2, 0.25) is 0 Å². The predicted molar refractivity (Wildman–Crippen MR) is 82.2 cm³/mol. The average molecular weight is 288 g/mol. The highest BCUT2D eigenvalue weighted by molar-refractivity contribution is 6.32. The average Bonchev–Trinajstić information content (AvgIpc) is 2.46. The molecule has 0 saturated heterocycles. The van der Waals surface area contributed by atoms with Gasteiger partial charge < -0.3 is 10.5 Å². The minimum Gasteiger partial charge on any atom is -0.495 e. The Kier molecular flexibility index (Phi) is 4.43. The van der Waals surface area contributed by atoms with E-state index >= 15 is 0 Å². The Bertz CT molecular complexity index is 665. The van der Waals surface area contributed by atoms with Crippen molar-refractivity contribution in [1.29, 1.82) is 0 Å². The lowest BCUT2D eigenvalue weighted by molar-refractivity contribution is 0.104. The smallest absolute Gasteiger partial charge is 0.187 e. The van der Waals surface area contributed by atoms with Crippen LogP contribution in [0.2, 0.25) is 5.02 Å². The summed E-state index contributed by atoms with van der Waals surface area (Å²) in [5.41, 5.74) is 7.55. The molecular formula is C16H14ClNO2. The van der Waals surface area contributed by atoms with E-state index in [0.29, 0.717) is 22.0 Å². The molecule has 0 aromatic heterocycles. The van der Waals surface area contributed by atoms with Gasteiger partial charge in [-0.2, -0.15) is 0 Å². The summed E-state index contributed by atoms with van der Waals surface area (Å²) in [6.07, 6.45) is 3.18. The fourth-order valence-corrected chi connectivity index (χ4v) is 1.96. The SMILES string of the molecule is COc1cc(/C=C/C(=O)c2ccccc2N)ccc1Cl. The molecule has 2 aromatic rings. The van der Waals surface area contributed by atoms with Crippen molar-refractivity contribution in [2.24, 2.45) is 0 Å². The second-order valence-corrected chi connectivity index (χ2v) is 4.59. The molecule has 0 bridgehead atoms. The molecule has 0 aliphatic rings. The minimum absolute atomic E-state index is 0.142. The number of ether oxygens (including phenoxy) is 1. The Morgan fingerprint density at radius 2 is 2.00 bits per heavy atom. The fraction of sp³-hybridized carbons (Fsp3) is 0.0625. The number of allylic oxidation sites excluding steroid dienone is 1. The van der Waals surface area contributed by atoms with E-state index in [2.05, 4.69) is 0 Å². The van der Waals surface area contributed by atoms with Gasteiger partial charge in [0.25, 0.3) is 0 Å². The second-order valence-electron chi connectivity index (χ2n) is 4.18. The second kappa shape index (κ2) is 6.26. The van der Waals surface area contributed by atoms with Gasteiger partial charge in [0, 0.05) is 11.3 Å². The van der Waals surface area contributed by atoms with Gasteiger partial charge in [-0.15, -0.1) is 0 Å². The minimum atomic E-state index is -0.142. The van der Waals surface area contributed by atoms with E-state index < -0.39 is 0 Å². The molecule has 0 radical (unpaired) electrons. The van der Waals surface area contributed by atoms with Gasteiger partial charge >= 0.3 is 0 Å². The van der Waals surface area contributed by atoms with Crippen molar-refractivity contribution in [3.63, 3.8) is 0 Å². The number of hydrogen-bond donors (Lipinski definition) is 1. The first-order chi connectivity index (χ1) is 9.61. The summed E-state index contributed by atoms with van der Waals surface area (Å²) in [6.45, 7) is 0. The molecule has 0 aliphatic carbocycles. The van der Waals surface area contributed by atoms with E-state index in [0.717, 1.165) is 5.56 Å². The van der Waals surface area contributed by atoms with Crippen LogP contribution in [0, 0.1) is 0 Å². The molecule has 0 atom stereocenters. The first-order valence-corrected chi connectivity index (χ1v) is 6.40. The van der Waals surface area contributed by atoms with Gasteiger partial charge in [-0.3, -0.25) is 4.79 Å². The number of nitrogens with two attached hydrogens (primary N) is 1. The Morgan fingerprint density at radius 3 is 2.70 bits per heavy atom. The normalized spacial score (nSPS) is 10.7. The fourth-order valence-electron chi connectivity index (χ4n) is 1.76. The molecule has 0 unspecified atom stereocenters. The number of para-hydroxylation sites is 1. The predicted octanol–water partition coefficient (Wildman–Crippen LogP) is 3.83. The van der Waals surface area contributed by atoms with Crippen LogP contribution in [0.4, 0.5) is 5.69 Å². The van der Waals surface area contributed by atoms with Crippen molar-refractivity contribution in [3.05, 3.63) is 64.7 Å². The zero-order valence-corrected chi connectivity index (χ0v) is 11.7. The van der Waals surface area contributed by atoms with Crippen LogP contribution < -0.4 is 10.5 Å². The molecule has 0 saturated carbocycles. The molecule has 2 aromatic carbocycles. The van der Waals surface area contributed by atoms with Gasteiger partial charge in [-0.05, 0) is 35.9 Å². The molecule has 0 spiro atoms. The Labute approximate surface area is 122 Å². The third kappa shape index (κ3) is 3.19. The van der Waals surface area contributed by atoms with E-state index in [4.69, 9.17) is 22.1 Å². The molecular weight excluding hydrogens is 274 g/mol. The third-order valence-corrected chi connectivity index (χ3v) is 3.14. The summed E-state index contributed by atoms with van der Waals surface area (Å²) in [7, 11) is 1.55. The lowest BCUT2D eigenvalue weighted by Gasteiger charge is -2.03. The topological polar surface area (TPSA) is 52.3 Å². The molecule has 0 amide bonds.